The van der Waals surface area contributed by atoms with E-state index in [9.17, 15) is 9.59 Å². The van der Waals surface area contributed by atoms with Crippen molar-refractivity contribution in [3.05, 3.63) is 83.4 Å². The van der Waals surface area contributed by atoms with Gasteiger partial charge in [0.25, 0.3) is 11.8 Å². The largest absolute Gasteiger partial charge is 0.497 e. The lowest BCUT2D eigenvalue weighted by atomic mass is 10.1. The lowest BCUT2D eigenvalue weighted by Crippen LogP contribution is -2.31. The number of amides is 2. The first-order valence-corrected chi connectivity index (χ1v) is 11.1. The van der Waals surface area contributed by atoms with Crippen LogP contribution in [0.4, 0.5) is 5.69 Å². The fourth-order valence-electron chi connectivity index (χ4n) is 3.59. The van der Waals surface area contributed by atoms with E-state index >= 15 is 0 Å². The molecule has 1 N–H and O–H groups in total. The molecule has 0 aromatic heterocycles. The van der Waals surface area contributed by atoms with Crippen LogP contribution in [0.5, 0.6) is 5.75 Å². The Balaban J connectivity index is 1.50. The summed E-state index contributed by atoms with van der Waals surface area (Å²) in [6, 6.07) is 21.0. The third-order valence-electron chi connectivity index (χ3n) is 5.27. The van der Waals surface area contributed by atoms with Crippen molar-refractivity contribution in [1.82, 2.24) is 5.32 Å². The molecule has 5 nitrogen and oxygen atoms in total. The van der Waals surface area contributed by atoms with Crippen molar-refractivity contribution >= 4 is 29.3 Å². The first-order chi connectivity index (χ1) is 15.1. The van der Waals surface area contributed by atoms with E-state index in [0.29, 0.717) is 24.2 Å². The fraction of sp³-hybridized carbons (Fsp3) is 0.200. The molecule has 2 amide bonds. The van der Waals surface area contributed by atoms with Gasteiger partial charge in [-0.15, -0.1) is 0 Å². The molecule has 0 unspecified atom stereocenters. The molecule has 158 valence electrons. The maximum Gasteiger partial charge on any atom is 0.259 e. The van der Waals surface area contributed by atoms with E-state index in [4.69, 9.17) is 4.74 Å². The summed E-state index contributed by atoms with van der Waals surface area (Å²) in [4.78, 5) is 29.5. The minimum atomic E-state index is -0.147. The number of hydrogen-bond acceptors (Lipinski definition) is 4. The van der Waals surface area contributed by atoms with Gasteiger partial charge >= 0.3 is 0 Å². The van der Waals surface area contributed by atoms with E-state index in [1.165, 1.54) is 0 Å². The molecule has 3 aromatic carbocycles. The lowest BCUT2D eigenvalue weighted by Gasteiger charge is -2.21. The number of anilines is 1. The minimum Gasteiger partial charge on any atom is -0.497 e. The third-order valence-corrected chi connectivity index (χ3v) is 6.41. The molecule has 3 aromatic rings. The Bertz CT molecular complexity index is 1110. The number of nitrogens with zero attached hydrogens (tertiary/aromatic N) is 1. The molecule has 1 aliphatic rings. The molecule has 0 radical (unpaired) electrons. The van der Waals surface area contributed by atoms with Gasteiger partial charge in [0.1, 0.15) is 5.75 Å². The highest BCUT2D eigenvalue weighted by atomic mass is 32.2. The topological polar surface area (TPSA) is 58.6 Å². The van der Waals surface area contributed by atoms with Gasteiger partial charge < -0.3 is 15.0 Å². The molecule has 0 bridgehead atoms. The highest BCUT2D eigenvalue weighted by Gasteiger charge is 2.26. The van der Waals surface area contributed by atoms with Crippen LogP contribution in [0.1, 0.15) is 33.2 Å². The van der Waals surface area contributed by atoms with Gasteiger partial charge in [-0.25, -0.2) is 0 Å². The zero-order valence-corrected chi connectivity index (χ0v) is 18.4. The van der Waals surface area contributed by atoms with Crippen molar-refractivity contribution in [2.45, 2.75) is 23.1 Å². The quantitative estimate of drug-likeness (QED) is 0.608. The first-order valence-electron chi connectivity index (χ1n) is 10.2. The normalized spacial score (nSPS) is 12.6. The maximum atomic E-state index is 13.1. The van der Waals surface area contributed by atoms with Crippen LogP contribution < -0.4 is 15.0 Å². The monoisotopic (exact) mass is 432 g/mol. The Hall–Kier alpha value is -3.25. The van der Waals surface area contributed by atoms with Gasteiger partial charge in [0.2, 0.25) is 0 Å². The van der Waals surface area contributed by atoms with Crippen LogP contribution in [0.3, 0.4) is 0 Å². The smallest absolute Gasteiger partial charge is 0.259 e. The number of benzene rings is 3. The van der Waals surface area contributed by atoms with E-state index in [0.717, 1.165) is 33.2 Å². The summed E-state index contributed by atoms with van der Waals surface area (Å²) in [7, 11) is 1.64. The molecule has 0 spiro atoms. The molecule has 31 heavy (non-hydrogen) atoms. The Morgan fingerprint density at radius 1 is 1.03 bits per heavy atom. The molecule has 1 aliphatic heterocycles. The van der Waals surface area contributed by atoms with Gasteiger partial charge in [0.15, 0.2) is 0 Å². The fourth-order valence-corrected chi connectivity index (χ4v) is 4.65. The van der Waals surface area contributed by atoms with Crippen molar-refractivity contribution in [3.8, 4) is 5.75 Å². The zero-order valence-electron chi connectivity index (χ0n) is 17.6. The summed E-state index contributed by atoms with van der Waals surface area (Å²) in [5.41, 5.74) is 3.14. The Morgan fingerprint density at radius 3 is 2.55 bits per heavy atom. The summed E-state index contributed by atoms with van der Waals surface area (Å²) >= 11 is 1.56. The second-order valence-electron chi connectivity index (χ2n) is 7.18. The second-order valence-corrected chi connectivity index (χ2v) is 8.27. The summed E-state index contributed by atoms with van der Waals surface area (Å²) in [5, 5.41) is 2.98. The molecule has 6 heteroatoms. The van der Waals surface area contributed by atoms with Gasteiger partial charge in [-0.3, -0.25) is 9.59 Å². The van der Waals surface area contributed by atoms with Crippen molar-refractivity contribution in [3.63, 3.8) is 0 Å². The first kappa shape index (κ1) is 21.0. The van der Waals surface area contributed by atoms with Crippen LogP contribution in [-0.2, 0) is 6.42 Å². The number of nitrogens with one attached hydrogen (secondary N) is 1. The van der Waals surface area contributed by atoms with E-state index in [1.807, 2.05) is 73.7 Å². The van der Waals surface area contributed by atoms with Gasteiger partial charge in [-0.2, -0.15) is 0 Å². The van der Waals surface area contributed by atoms with Crippen LogP contribution >= 0.6 is 11.8 Å². The van der Waals surface area contributed by atoms with Crippen molar-refractivity contribution < 1.29 is 14.3 Å². The number of carbonyl (C=O) groups is 2. The molecular formula is C25H24N2O3S. The molecule has 0 saturated carbocycles. The van der Waals surface area contributed by atoms with Gasteiger partial charge in [0.05, 0.1) is 18.4 Å². The number of carbonyl (C=O) groups excluding carboxylic acids is 2. The summed E-state index contributed by atoms with van der Waals surface area (Å²) in [6.07, 6.45) is 0.728. The average Bonchev–Trinajstić information content (AvgIpc) is 2.92. The number of fused-ring (bicyclic) bond motifs is 2. The molecular weight excluding hydrogens is 408 g/mol. The van der Waals surface area contributed by atoms with Crippen molar-refractivity contribution in [2.24, 2.45) is 0 Å². The van der Waals surface area contributed by atoms with Crippen LogP contribution in [-0.4, -0.2) is 32.0 Å². The average molecular weight is 433 g/mol. The molecule has 1 heterocycles. The third kappa shape index (κ3) is 4.44. The van der Waals surface area contributed by atoms with Crippen LogP contribution in [0.2, 0.25) is 0 Å². The minimum absolute atomic E-state index is 0.0404. The molecule has 0 atom stereocenters. The molecule has 0 fully saturated rings. The second kappa shape index (κ2) is 9.27. The number of hydrogen-bond donors (Lipinski definition) is 1. The highest BCUT2D eigenvalue weighted by molar-refractivity contribution is 7.99. The predicted molar refractivity (Wildman–Crippen MR) is 123 cm³/mol. The van der Waals surface area contributed by atoms with Crippen LogP contribution in [0.15, 0.2) is 76.5 Å². The maximum absolute atomic E-state index is 13.1. The lowest BCUT2D eigenvalue weighted by molar-refractivity contribution is 0.0950. The van der Waals surface area contributed by atoms with Gasteiger partial charge in [0, 0.05) is 28.4 Å². The molecule has 0 saturated heterocycles. The van der Waals surface area contributed by atoms with E-state index in [1.54, 1.807) is 23.8 Å². The molecule has 4 rings (SSSR count). The predicted octanol–water partition coefficient (Wildman–Crippen LogP) is 4.80. The number of rotatable bonds is 6. The highest BCUT2D eigenvalue weighted by Crippen LogP contribution is 2.41. The Kier molecular flexibility index (Phi) is 6.28. The van der Waals surface area contributed by atoms with E-state index in [2.05, 4.69) is 5.32 Å². The Labute approximate surface area is 186 Å². The Morgan fingerprint density at radius 2 is 1.81 bits per heavy atom. The van der Waals surface area contributed by atoms with Crippen molar-refractivity contribution in [2.75, 3.05) is 25.1 Å². The summed E-state index contributed by atoms with van der Waals surface area (Å²) in [6.45, 7) is 3.00. The van der Waals surface area contributed by atoms with E-state index in [-0.39, 0.29) is 11.8 Å². The zero-order chi connectivity index (χ0) is 21.8. The number of methoxy groups -OCH3 is 1. The summed E-state index contributed by atoms with van der Waals surface area (Å²) in [5.74, 6) is 0.626. The standard InChI is InChI=1S/C25H24N2O3S/c1-3-27-21-16-18(24(28)26-15-14-17-8-11-19(30-2)12-9-17)10-13-23(21)31-22-7-5-4-6-20(22)25(27)29/h4-13,16H,3,14-15H2,1-2H3,(H,26,28). The van der Waals surface area contributed by atoms with Gasteiger partial charge in [-0.05, 0) is 61.4 Å². The van der Waals surface area contributed by atoms with E-state index < -0.39 is 0 Å². The van der Waals surface area contributed by atoms with Gasteiger partial charge in [-0.1, -0.05) is 36.0 Å². The summed E-state index contributed by atoms with van der Waals surface area (Å²) < 4.78 is 5.17. The van der Waals surface area contributed by atoms with Crippen molar-refractivity contribution in [1.29, 1.82) is 0 Å². The number of ether oxygens (including phenoxy) is 1. The molecule has 0 aliphatic carbocycles. The SMILES string of the molecule is CCN1C(=O)c2ccccc2Sc2ccc(C(=O)NCCc3ccc(OC)cc3)cc21. The van der Waals surface area contributed by atoms with Crippen LogP contribution in [0, 0.1) is 0 Å². The van der Waals surface area contributed by atoms with Crippen LogP contribution in [0.25, 0.3) is 0 Å².